The number of fused-ring (bicyclic) bond motifs is 1. The maximum absolute atomic E-state index is 2.35. The first-order valence-electron chi connectivity index (χ1n) is 8.23. The van der Waals surface area contributed by atoms with Crippen LogP contribution in [-0.2, 0) is 0 Å². The quantitative estimate of drug-likeness (QED) is 0.466. The molecule has 0 heterocycles. The van der Waals surface area contributed by atoms with Crippen LogP contribution in [0.4, 0.5) is 0 Å². The average molecular weight is 300 g/mol. The van der Waals surface area contributed by atoms with Gasteiger partial charge in [0.05, 0.1) is 0 Å². The normalized spacial score (nSPS) is 12.0. The van der Waals surface area contributed by atoms with Gasteiger partial charge in [-0.3, -0.25) is 0 Å². The molecular formula is C23H24. The van der Waals surface area contributed by atoms with E-state index < -0.39 is 0 Å². The molecule has 0 unspecified atom stereocenters. The van der Waals surface area contributed by atoms with Crippen molar-refractivity contribution in [2.75, 3.05) is 0 Å². The lowest BCUT2D eigenvalue weighted by atomic mass is 9.90. The van der Waals surface area contributed by atoms with E-state index in [1.165, 1.54) is 49.7 Å². The summed E-state index contributed by atoms with van der Waals surface area (Å²) in [6.07, 6.45) is 2.25. The van der Waals surface area contributed by atoms with Crippen molar-refractivity contribution in [2.24, 2.45) is 0 Å². The van der Waals surface area contributed by atoms with Crippen LogP contribution in [0, 0.1) is 27.7 Å². The molecule has 0 spiro atoms. The molecule has 0 aliphatic heterocycles. The zero-order valence-corrected chi connectivity index (χ0v) is 14.7. The first-order chi connectivity index (χ1) is 11.0. The van der Waals surface area contributed by atoms with Crippen molar-refractivity contribution < 1.29 is 0 Å². The summed E-state index contributed by atoms with van der Waals surface area (Å²) in [6.45, 7) is 11.1. The molecule has 0 aliphatic rings. The molecule has 3 rings (SSSR count). The Morgan fingerprint density at radius 3 is 1.96 bits per heavy atom. The number of hydrogen-bond donors (Lipinski definition) is 0. The lowest BCUT2D eigenvalue weighted by molar-refractivity contribution is 1.25. The molecule has 0 saturated heterocycles. The zero-order valence-electron chi connectivity index (χ0n) is 14.7. The van der Waals surface area contributed by atoms with Gasteiger partial charge in [0.2, 0.25) is 0 Å². The summed E-state index contributed by atoms with van der Waals surface area (Å²) in [5.41, 5.74) is 9.48. The minimum atomic E-state index is 1.25. The predicted octanol–water partition coefficient (Wildman–Crippen LogP) is 6.63. The Morgan fingerprint density at radius 1 is 0.696 bits per heavy atom. The van der Waals surface area contributed by atoms with Crippen LogP contribution >= 0.6 is 0 Å². The van der Waals surface area contributed by atoms with Crippen LogP contribution in [0.25, 0.3) is 22.4 Å². The Kier molecular flexibility index (Phi) is 4.09. The van der Waals surface area contributed by atoms with Gasteiger partial charge in [0.25, 0.3) is 0 Å². The Labute approximate surface area is 139 Å². The fourth-order valence-corrected chi connectivity index (χ4v) is 3.28. The van der Waals surface area contributed by atoms with Crippen LogP contribution in [0.3, 0.4) is 0 Å². The average Bonchev–Trinajstić information content (AvgIpc) is 2.58. The Balaban J connectivity index is 2.16. The number of benzene rings is 3. The second kappa shape index (κ2) is 6.04. The summed E-state index contributed by atoms with van der Waals surface area (Å²) < 4.78 is 0. The molecule has 3 aromatic rings. The van der Waals surface area contributed by atoms with Crippen molar-refractivity contribution in [1.82, 2.24) is 0 Å². The van der Waals surface area contributed by atoms with Crippen LogP contribution < -0.4 is 0 Å². The number of rotatable bonds is 2. The smallest absolute Gasteiger partial charge is 0.0143 e. The van der Waals surface area contributed by atoms with Crippen LogP contribution in [0.1, 0.15) is 40.3 Å². The highest BCUT2D eigenvalue weighted by molar-refractivity contribution is 5.94. The molecule has 116 valence electrons. The van der Waals surface area contributed by atoms with Crippen molar-refractivity contribution in [3.8, 4) is 0 Å². The molecule has 0 nitrogen and oxygen atoms in total. The molecule has 0 radical (unpaired) electrons. The van der Waals surface area contributed by atoms with Gasteiger partial charge >= 0.3 is 0 Å². The minimum absolute atomic E-state index is 1.25. The largest absolute Gasteiger partial charge is 0.0622 e. The highest BCUT2D eigenvalue weighted by Gasteiger charge is 2.09. The van der Waals surface area contributed by atoms with Crippen LogP contribution in [0.5, 0.6) is 0 Å². The third-order valence-electron chi connectivity index (χ3n) is 5.15. The van der Waals surface area contributed by atoms with Gasteiger partial charge in [-0.15, -0.1) is 0 Å². The predicted molar refractivity (Wildman–Crippen MR) is 103 cm³/mol. The van der Waals surface area contributed by atoms with Gasteiger partial charge in [-0.1, -0.05) is 48.5 Å². The van der Waals surface area contributed by atoms with E-state index in [1.807, 2.05) is 0 Å². The lowest BCUT2D eigenvalue weighted by Gasteiger charge is -2.15. The van der Waals surface area contributed by atoms with E-state index in [9.17, 15) is 0 Å². The fourth-order valence-electron chi connectivity index (χ4n) is 3.28. The molecule has 0 atom stereocenters. The molecule has 0 aliphatic carbocycles. The van der Waals surface area contributed by atoms with E-state index in [0.717, 1.165) is 0 Å². The Morgan fingerprint density at radius 2 is 1.30 bits per heavy atom. The third-order valence-corrected chi connectivity index (χ3v) is 5.15. The zero-order chi connectivity index (χ0) is 16.6. The monoisotopic (exact) mass is 300 g/mol. The van der Waals surface area contributed by atoms with Crippen molar-refractivity contribution in [3.05, 3.63) is 81.9 Å². The highest BCUT2D eigenvalue weighted by atomic mass is 14.1. The third kappa shape index (κ3) is 2.82. The molecule has 23 heavy (non-hydrogen) atoms. The van der Waals surface area contributed by atoms with E-state index >= 15 is 0 Å². The molecule has 0 bridgehead atoms. The first kappa shape index (κ1) is 15.6. The summed E-state index contributed by atoms with van der Waals surface area (Å²) in [7, 11) is 0. The van der Waals surface area contributed by atoms with Crippen molar-refractivity contribution in [3.63, 3.8) is 0 Å². The fraction of sp³-hybridized carbons (Fsp3) is 0.217. The maximum Gasteiger partial charge on any atom is -0.0143 e. The molecule has 0 amide bonds. The molecule has 3 aromatic carbocycles. The Hall–Kier alpha value is -2.34. The summed E-state index contributed by atoms with van der Waals surface area (Å²) >= 11 is 0. The minimum Gasteiger partial charge on any atom is -0.0622 e. The molecule has 0 N–H and O–H groups in total. The second-order valence-corrected chi connectivity index (χ2v) is 6.50. The van der Waals surface area contributed by atoms with Crippen molar-refractivity contribution >= 4 is 22.4 Å². The Bertz CT molecular complexity index is 896. The molecule has 0 aromatic heterocycles. The number of allylic oxidation sites excluding steroid dienone is 1. The maximum atomic E-state index is 2.35. The molecule has 0 saturated carbocycles. The van der Waals surface area contributed by atoms with E-state index in [0.29, 0.717) is 0 Å². The van der Waals surface area contributed by atoms with Gasteiger partial charge in [0.1, 0.15) is 0 Å². The standard InChI is InChI=1S/C23H24/c1-15(13-20-9-7-6-8-10-20)21-11-12-22-18(4)16(2)17(3)19(5)23(22)14-21/h6-14H,1-5H3/b15-13+. The van der Waals surface area contributed by atoms with Crippen LogP contribution in [0.2, 0.25) is 0 Å². The topological polar surface area (TPSA) is 0 Å². The van der Waals surface area contributed by atoms with Gasteiger partial charge in [0, 0.05) is 0 Å². The van der Waals surface area contributed by atoms with Gasteiger partial charge in [-0.2, -0.15) is 0 Å². The highest BCUT2D eigenvalue weighted by Crippen LogP contribution is 2.31. The second-order valence-electron chi connectivity index (χ2n) is 6.50. The van der Waals surface area contributed by atoms with E-state index in [4.69, 9.17) is 0 Å². The summed E-state index contributed by atoms with van der Waals surface area (Å²) in [5.74, 6) is 0. The van der Waals surface area contributed by atoms with Gasteiger partial charge in [0.15, 0.2) is 0 Å². The summed E-state index contributed by atoms with van der Waals surface area (Å²) in [5, 5.41) is 2.76. The molecule has 0 heteroatoms. The van der Waals surface area contributed by atoms with Crippen molar-refractivity contribution in [2.45, 2.75) is 34.6 Å². The number of hydrogen-bond acceptors (Lipinski definition) is 0. The van der Waals surface area contributed by atoms with E-state index in [-0.39, 0.29) is 0 Å². The summed E-state index contributed by atoms with van der Waals surface area (Å²) in [4.78, 5) is 0. The van der Waals surface area contributed by atoms with Gasteiger partial charge < -0.3 is 0 Å². The number of aryl methyl sites for hydroxylation is 2. The van der Waals surface area contributed by atoms with Crippen LogP contribution in [-0.4, -0.2) is 0 Å². The van der Waals surface area contributed by atoms with Crippen LogP contribution in [0.15, 0.2) is 48.5 Å². The molecule has 0 fully saturated rings. The van der Waals surface area contributed by atoms with Crippen molar-refractivity contribution in [1.29, 1.82) is 0 Å². The SMILES string of the molecule is C/C(=C\c1ccccc1)c1ccc2c(C)c(C)c(C)c(C)c2c1. The van der Waals surface area contributed by atoms with E-state index in [1.54, 1.807) is 0 Å². The summed E-state index contributed by atoms with van der Waals surface area (Å²) in [6, 6.07) is 17.4. The first-order valence-corrected chi connectivity index (χ1v) is 8.23. The van der Waals surface area contributed by atoms with Gasteiger partial charge in [-0.25, -0.2) is 0 Å². The lowest BCUT2D eigenvalue weighted by Crippen LogP contribution is -1.94. The van der Waals surface area contributed by atoms with E-state index in [2.05, 4.69) is 89.2 Å². The van der Waals surface area contributed by atoms with Gasteiger partial charge in [-0.05, 0) is 90.4 Å². The molecular weight excluding hydrogens is 276 g/mol.